The molecule has 0 amide bonds. The summed E-state index contributed by atoms with van der Waals surface area (Å²) in [5.74, 6) is -0.345. The van der Waals surface area contributed by atoms with Gasteiger partial charge in [0.2, 0.25) is 0 Å². The van der Waals surface area contributed by atoms with Crippen molar-refractivity contribution < 1.29 is 9.18 Å². The molecule has 0 saturated carbocycles. The molecule has 0 spiro atoms. The van der Waals surface area contributed by atoms with E-state index in [-0.39, 0.29) is 11.5 Å². The van der Waals surface area contributed by atoms with E-state index in [1.54, 1.807) is 24.3 Å². The van der Waals surface area contributed by atoms with Crippen molar-refractivity contribution >= 4 is 40.7 Å². The van der Waals surface area contributed by atoms with Crippen molar-refractivity contribution in [2.75, 3.05) is 5.75 Å². The first kappa shape index (κ1) is 14.4. The second-order valence-electron chi connectivity index (χ2n) is 3.83. The zero-order valence-electron chi connectivity index (χ0n) is 9.70. The summed E-state index contributed by atoms with van der Waals surface area (Å²) >= 11 is 13.1. The average molecular weight is 315 g/mol. The van der Waals surface area contributed by atoms with E-state index >= 15 is 0 Å². The van der Waals surface area contributed by atoms with Crippen molar-refractivity contribution in [2.45, 2.75) is 4.90 Å². The van der Waals surface area contributed by atoms with Gasteiger partial charge in [-0.2, -0.15) is 0 Å². The molecular weight excluding hydrogens is 306 g/mol. The Morgan fingerprint density at radius 3 is 2.42 bits per heavy atom. The van der Waals surface area contributed by atoms with Gasteiger partial charge in [0.05, 0.1) is 5.75 Å². The van der Waals surface area contributed by atoms with Crippen LogP contribution in [0.4, 0.5) is 4.39 Å². The van der Waals surface area contributed by atoms with Crippen LogP contribution in [0.2, 0.25) is 10.0 Å². The van der Waals surface area contributed by atoms with Crippen LogP contribution >= 0.6 is 35.0 Å². The van der Waals surface area contributed by atoms with Crippen molar-refractivity contribution in [2.24, 2.45) is 0 Å². The number of ketones is 1. The van der Waals surface area contributed by atoms with E-state index in [9.17, 15) is 9.18 Å². The lowest BCUT2D eigenvalue weighted by Crippen LogP contribution is -2.02. The summed E-state index contributed by atoms with van der Waals surface area (Å²) in [6.45, 7) is 0. The average Bonchev–Trinajstić information content (AvgIpc) is 2.35. The summed E-state index contributed by atoms with van der Waals surface area (Å²) in [4.78, 5) is 12.7. The molecule has 0 aliphatic rings. The summed E-state index contributed by atoms with van der Waals surface area (Å²) in [7, 11) is 0. The van der Waals surface area contributed by atoms with E-state index in [4.69, 9.17) is 23.2 Å². The van der Waals surface area contributed by atoms with Gasteiger partial charge in [-0.25, -0.2) is 4.39 Å². The summed E-state index contributed by atoms with van der Waals surface area (Å²) < 4.78 is 13.0. The molecule has 2 aromatic rings. The number of carbonyl (C=O) groups excluding carboxylic acids is 1. The zero-order chi connectivity index (χ0) is 13.8. The quantitative estimate of drug-likeness (QED) is 0.576. The Labute approximate surface area is 124 Å². The van der Waals surface area contributed by atoms with E-state index in [2.05, 4.69) is 0 Å². The van der Waals surface area contributed by atoms with Gasteiger partial charge in [0, 0.05) is 20.5 Å². The molecule has 0 aromatic heterocycles. The second kappa shape index (κ2) is 6.42. The van der Waals surface area contributed by atoms with Crippen molar-refractivity contribution in [3.8, 4) is 0 Å². The Kier molecular flexibility index (Phi) is 4.86. The van der Waals surface area contributed by atoms with Crippen LogP contribution in [0.1, 0.15) is 10.4 Å². The van der Waals surface area contributed by atoms with Gasteiger partial charge in [0.1, 0.15) is 5.82 Å². The van der Waals surface area contributed by atoms with Crippen LogP contribution in [-0.2, 0) is 0 Å². The fourth-order valence-corrected chi connectivity index (χ4v) is 3.05. The smallest absolute Gasteiger partial charge is 0.173 e. The summed E-state index contributed by atoms with van der Waals surface area (Å²) in [6.07, 6.45) is 0. The third kappa shape index (κ3) is 4.23. The highest BCUT2D eigenvalue weighted by Crippen LogP contribution is 2.27. The highest BCUT2D eigenvalue weighted by molar-refractivity contribution is 8.00. The number of Topliss-reactive ketones (excluding diaryl/α,β-unsaturated/α-hetero) is 1. The number of thioether (sulfide) groups is 1. The van der Waals surface area contributed by atoms with Gasteiger partial charge < -0.3 is 0 Å². The van der Waals surface area contributed by atoms with E-state index in [0.717, 1.165) is 4.90 Å². The molecule has 19 heavy (non-hydrogen) atoms. The van der Waals surface area contributed by atoms with Crippen LogP contribution in [-0.4, -0.2) is 11.5 Å². The monoisotopic (exact) mass is 314 g/mol. The molecule has 0 aliphatic heterocycles. The third-order valence-corrected chi connectivity index (χ3v) is 3.76. The molecule has 5 heteroatoms. The minimum atomic E-state index is -0.415. The molecule has 1 nitrogen and oxygen atoms in total. The van der Waals surface area contributed by atoms with Crippen molar-refractivity contribution in [3.63, 3.8) is 0 Å². The van der Waals surface area contributed by atoms with Crippen LogP contribution in [0.3, 0.4) is 0 Å². The minimum absolute atomic E-state index is 0.138. The van der Waals surface area contributed by atoms with Gasteiger partial charge in [0.15, 0.2) is 5.78 Å². The van der Waals surface area contributed by atoms with Gasteiger partial charge in [-0.15, -0.1) is 11.8 Å². The lowest BCUT2D eigenvalue weighted by atomic mass is 10.1. The first-order valence-electron chi connectivity index (χ1n) is 5.42. The molecule has 98 valence electrons. The van der Waals surface area contributed by atoms with E-state index < -0.39 is 5.82 Å². The molecule has 0 N–H and O–H groups in total. The number of hydrogen-bond acceptors (Lipinski definition) is 2. The molecule has 0 saturated heterocycles. The maximum absolute atomic E-state index is 13.0. The number of benzene rings is 2. The molecule has 2 aromatic carbocycles. The molecule has 0 radical (unpaired) electrons. The van der Waals surface area contributed by atoms with Crippen LogP contribution in [0.25, 0.3) is 0 Å². The van der Waals surface area contributed by atoms with E-state index in [1.807, 2.05) is 0 Å². The number of rotatable bonds is 4. The summed E-state index contributed by atoms with van der Waals surface area (Å²) in [5, 5.41) is 1.04. The molecule has 0 atom stereocenters. The highest BCUT2D eigenvalue weighted by atomic mass is 35.5. The maximum atomic E-state index is 13.0. The van der Waals surface area contributed by atoms with Crippen LogP contribution in [0.15, 0.2) is 47.4 Å². The highest BCUT2D eigenvalue weighted by Gasteiger charge is 2.08. The Bertz CT molecular complexity index is 596. The fraction of sp³-hybridized carbons (Fsp3) is 0.0714. The summed E-state index contributed by atoms with van der Waals surface area (Å²) in [5.41, 5.74) is 0.362. The molecule has 2 rings (SSSR count). The lowest BCUT2D eigenvalue weighted by Gasteiger charge is -2.03. The SMILES string of the molecule is O=C(CSc1cc(Cl)cc(Cl)c1)c1cccc(F)c1. The number of halogens is 3. The molecular formula is C14H9Cl2FOS. The van der Waals surface area contributed by atoms with E-state index in [1.165, 1.54) is 30.0 Å². The van der Waals surface area contributed by atoms with Crippen LogP contribution in [0.5, 0.6) is 0 Å². The Hall–Kier alpha value is -1.03. The van der Waals surface area contributed by atoms with Gasteiger partial charge >= 0.3 is 0 Å². The first-order chi connectivity index (χ1) is 9.04. The Morgan fingerprint density at radius 2 is 1.79 bits per heavy atom. The normalized spacial score (nSPS) is 10.5. The minimum Gasteiger partial charge on any atom is -0.293 e. The standard InChI is InChI=1S/C14H9Cl2FOS/c15-10-5-11(16)7-13(6-10)19-8-14(18)9-2-1-3-12(17)4-9/h1-7H,8H2. The van der Waals surface area contributed by atoms with Crippen molar-refractivity contribution in [1.29, 1.82) is 0 Å². The molecule has 0 bridgehead atoms. The largest absolute Gasteiger partial charge is 0.293 e. The predicted molar refractivity (Wildman–Crippen MR) is 77.9 cm³/mol. The van der Waals surface area contributed by atoms with Gasteiger partial charge in [0.25, 0.3) is 0 Å². The number of hydrogen-bond donors (Lipinski definition) is 0. The second-order valence-corrected chi connectivity index (χ2v) is 5.75. The molecule has 0 unspecified atom stereocenters. The Balaban J connectivity index is 2.04. The Morgan fingerprint density at radius 1 is 1.11 bits per heavy atom. The van der Waals surface area contributed by atoms with Crippen LogP contribution in [0, 0.1) is 5.82 Å². The lowest BCUT2D eigenvalue weighted by molar-refractivity contribution is 0.102. The third-order valence-electron chi connectivity index (χ3n) is 2.35. The number of carbonyl (C=O) groups is 1. The molecule has 0 heterocycles. The zero-order valence-corrected chi connectivity index (χ0v) is 12.0. The first-order valence-corrected chi connectivity index (χ1v) is 7.16. The van der Waals surface area contributed by atoms with Gasteiger partial charge in [-0.3, -0.25) is 4.79 Å². The molecule has 0 fully saturated rings. The maximum Gasteiger partial charge on any atom is 0.173 e. The van der Waals surface area contributed by atoms with Gasteiger partial charge in [-0.05, 0) is 30.3 Å². The van der Waals surface area contributed by atoms with Gasteiger partial charge in [-0.1, -0.05) is 35.3 Å². The van der Waals surface area contributed by atoms with E-state index in [0.29, 0.717) is 15.6 Å². The van der Waals surface area contributed by atoms with Crippen molar-refractivity contribution in [1.82, 2.24) is 0 Å². The molecule has 0 aliphatic carbocycles. The van der Waals surface area contributed by atoms with Crippen molar-refractivity contribution in [3.05, 3.63) is 63.9 Å². The van der Waals surface area contributed by atoms with Crippen LogP contribution < -0.4 is 0 Å². The fourth-order valence-electron chi connectivity index (χ4n) is 1.51. The predicted octanol–water partition coefficient (Wildman–Crippen LogP) is 5.11. The summed E-state index contributed by atoms with van der Waals surface area (Å²) in [6, 6.07) is 10.7. The topological polar surface area (TPSA) is 17.1 Å².